The van der Waals surface area contributed by atoms with E-state index in [2.05, 4.69) is 50.3 Å². The molecular weight excluding hydrogens is 180 g/mol. The maximum absolute atomic E-state index is 2.29. The lowest BCUT2D eigenvalue weighted by Crippen LogP contribution is -1.95. The standard InChI is InChI=1S/C15H18/c1-3-13-9-5-7-11-15(13)14-10-6-4-8-12(14)2/h5-7,9-11H,3-4,8H2,1-2H3. The number of allylic oxidation sites excluding steroid dienone is 4. The van der Waals surface area contributed by atoms with Crippen LogP contribution in [0.4, 0.5) is 0 Å². The van der Waals surface area contributed by atoms with Crippen LogP contribution in [0.1, 0.15) is 37.8 Å². The summed E-state index contributed by atoms with van der Waals surface area (Å²) in [5.74, 6) is 0. The Labute approximate surface area is 92.3 Å². The lowest BCUT2D eigenvalue weighted by atomic mass is 9.90. The maximum atomic E-state index is 2.29. The number of aryl methyl sites for hydroxylation is 1. The topological polar surface area (TPSA) is 0 Å². The monoisotopic (exact) mass is 198 g/mol. The van der Waals surface area contributed by atoms with Gasteiger partial charge in [0.2, 0.25) is 0 Å². The van der Waals surface area contributed by atoms with Crippen molar-refractivity contribution in [3.05, 3.63) is 53.1 Å². The first-order valence-electron chi connectivity index (χ1n) is 5.77. The summed E-state index contributed by atoms with van der Waals surface area (Å²) in [6, 6.07) is 8.74. The van der Waals surface area contributed by atoms with Crippen molar-refractivity contribution in [1.29, 1.82) is 0 Å². The van der Waals surface area contributed by atoms with E-state index in [0.29, 0.717) is 0 Å². The zero-order chi connectivity index (χ0) is 10.7. The molecule has 0 amide bonds. The summed E-state index contributed by atoms with van der Waals surface area (Å²) >= 11 is 0. The molecule has 1 aromatic rings. The molecule has 0 heterocycles. The summed E-state index contributed by atoms with van der Waals surface area (Å²) in [6.07, 6.45) is 8.09. The highest BCUT2D eigenvalue weighted by Crippen LogP contribution is 2.29. The van der Waals surface area contributed by atoms with Gasteiger partial charge in [0.25, 0.3) is 0 Å². The van der Waals surface area contributed by atoms with Crippen LogP contribution in [0.25, 0.3) is 5.57 Å². The molecule has 78 valence electrons. The average molecular weight is 198 g/mol. The van der Waals surface area contributed by atoms with Crippen LogP contribution in [-0.4, -0.2) is 0 Å². The van der Waals surface area contributed by atoms with Gasteiger partial charge in [-0.25, -0.2) is 0 Å². The van der Waals surface area contributed by atoms with Crippen molar-refractivity contribution in [2.45, 2.75) is 33.1 Å². The highest BCUT2D eigenvalue weighted by atomic mass is 14.1. The molecule has 0 saturated heterocycles. The van der Waals surface area contributed by atoms with Gasteiger partial charge in [-0.05, 0) is 42.9 Å². The van der Waals surface area contributed by atoms with E-state index in [0.717, 1.165) is 6.42 Å². The molecule has 1 aliphatic carbocycles. The summed E-state index contributed by atoms with van der Waals surface area (Å²) in [6.45, 7) is 4.48. The number of rotatable bonds is 2. The van der Waals surface area contributed by atoms with Gasteiger partial charge < -0.3 is 0 Å². The minimum absolute atomic E-state index is 1.11. The molecule has 0 atom stereocenters. The number of hydrogen-bond acceptors (Lipinski definition) is 0. The van der Waals surface area contributed by atoms with Gasteiger partial charge in [-0.15, -0.1) is 0 Å². The van der Waals surface area contributed by atoms with Crippen LogP contribution in [0, 0.1) is 0 Å². The minimum Gasteiger partial charge on any atom is -0.0836 e. The van der Waals surface area contributed by atoms with E-state index in [9.17, 15) is 0 Å². The SMILES string of the molecule is CCc1ccccc1C1=C(C)CCC=C1. The number of benzene rings is 1. The smallest absolute Gasteiger partial charge is 0.0153 e. The molecule has 0 aliphatic heterocycles. The summed E-state index contributed by atoms with van der Waals surface area (Å²) in [5.41, 5.74) is 5.85. The van der Waals surface area contributed by atoms with Crippen molar-refractivity contribution in [2.75, 3.05) is 0 Å². The van der Waals surface area contributed by atoms with Crippen LogP contribution in [0.2, 0.25) is 0 Å². The fourth-order valence-corrected chi connectivity index (χ4v) is 2.19. The van der Waals surface area contributed by atoms with Gasteiger partial charge >= 0.3 is 0 Å². The van der Waals surface area contributed by atoms with Crippen LogP contribution >= 0.6 is 0 Å². The van der Waals surface area contributed by atoms with E-state index in [1.807, 2.05) is 0 Å². The predicted molar refractivity (Wildman–Crippen MR) is 66.8 cm³/mol. The Morgan fingerprint density at radius 2 is 2.00 bits per heavy atom. The van der Waals surface area contributed by atoms with Gasteiger partial charge in [-0.2, -0.15) is 0 Å². The first-order chi connectivity index (χ1) is 7.33. The molecule has 0 radical (unpaired) electrons. The summed E-state index contributed by atoms with van der Waals surface area (Å²) < 4.78 is 0. The minimum atomic E-state index is 1.11. The molecule has 2 rings (SSSR count). The van der Waals surface area contributed by atoms with Crippen LogP contribution < -0.4 is 0 Å². The largest absolute Gasteiger partial charge is 0.0836 e. The van der Waals surface area contributed by atoms with E-state index < -0.39 is 0 Å². The first kappa shape index (κ1) is 10.2. The van der Waals surface area contributed by atoms with Crippen molar-refractivity contribution in [3.8, 4) is 0 Å². The van der Waals surface area contributed by atoms with Crippen LogP contribution in [-0.2, 0) is 6.42 Å². The molecule has 0 N–H and O–H groups in total. The quantitative estimate of drug-likeness (QED) is 0.662. The van der Waals surface area contributed by atoms with E-state index >= 15 is 0 Å². The molecule has 0 heteroatoms. The van der Waals surface area contributed by atoms with E-state index in [4.69, 9.17) is 0 Å². The Balaban J connectivity index is 2.49. The summed E-state index contributed by atoms with van der Waals surface area (Å²) in [4.78, 5) is 0. The second-order valence-corrected chi connectivity index (χ2v) is 4.15. The van der Waals surface area contributed by atoms with Gasteiger partial charge in [0, 0.05) is 0 Å². The normalized spacial score (nSPS) is 15.9. The lowest BCUT2D eigenvalue weighted by Gasteiger charge is -2.15. The van der Waals surface area contributed by atoms with E-state index in [-0.39, 0.29) is 0 Å². The molecule has 15 heavy (non-hydrogen) atoms. The third kappa shape index (κ3) is 2.04. The van der Waals surface area contributed by atoms with E-state index in [1.54, 1.807) is 0 Å². The third-order valence-corrected chi connectivity index (χ3v) is 3.12. The van der Waals surface area contributed by atoms with Gasteiger partial charge in [0.1, 0.15) is 0 Å². The summed E-state index contributed by atoms with van der Waals surface area (Å²) in [7, 11) is 0. The second-order valence-electron chi connectivity index (χ2n) is 4.15. The first-order valence-corrected chi connectivity index (χ1v) is 5.77. The van der Waals surface area contributed by atoms with Crippen LogP contribution in [0.3, 0.4) is 0 Å². The Morgan fingerprint density at radius 3 is 2.73 bits per heavy atom. The zero-order valence-electron chi connectivity index (χ0n) is 9.59. The molecule has 0 nitrogen and oxygen atoms in total. The zero-order valence-corrected chi connectivity index (χ0v) is 9.59. The third-order valence-electron chi connectivity index (χ3n) is 3.12. The Kier molecular flexibility index (Phi) is 3.05. The maximum Gasteiger partial charge on any atom is -0.0153 e. The van der Waals surface area contributed by atoms with Gasteiger partial charge in [-0.3, -0.25) is 0 Å². The molecule has 0 unspecified atom stereocenters. The van der Waals surface area contributed by atoms with Crippen molar-refractivity contribution >= 4 is 5.57 Å². The van der Waals surface area contributed by atoms with Crippen molar-refractivity contribution in [3.63, 3.8) is 0 Å². The summed E-state index contributed by atoms with van der Waals surface area (Å²) in [5, 5.41) is 0. The molecule has 1 aliphatic rings. The van der Waals surface area contributed by atoms with Crippen molar-refractivity contribution < 1.29 is 0 Å². The second kappa shape index (κ2) is 4.48. The van der Waals surface area contributed by atoms with Gasteiger partial charge in [0.15, 0.2) is 0 Å². The van der Waals surface area contributed by atoms with Crippen molar-refractivity contribution in [1.82, 2.24) is 0 Å². The fraction of sp³-hybridized carbons (Fsp3) is 0.333. The van der Waals surface area contributed by atoms with Crippen molar-refractivity contribution in [2.24, 2.45) is 0 Å². The Hall–Kier alpha value is -1.30. The molecule has 0 bridgehead atoms. The van der Waals surface area contributed by atoms with Crippen LogP contribution in [0.5, 0.6) is 0 Å². The molecule has 0 fully saturated rings. The molecule has 0 aromatic heterocycles. The molecule has 1 aromatic carbocycles. The Morgan fingerprint density at radius 1 is 1.20 bits per heavy atom. The molecular formula is C15H18. The predicted octanol–water partition coefficient (Wildman–Crippen LogP) is 4.37. The molecule has 0 saturated carbocycles. The average Bonchev–Trinajstić information content (AvgIpc) is 2.30. The highest BCUT2D eigenvalue weighted by molar-refractivity contribution is 5.79. The Bertz CT molecular complexity index is 408. The van der Waals surface area contributed by atoms with Gasteiger partial charge in [0.05, 0.1) is 0 Å². The fourth-order valence-electron chi connectivity index (χ4n) is 2.19. The van der Waals surface area contributed by atoms with Crippen LogP contribution in [0.15, 0.2) is 42.0 Å². The van der Waals surface area contributed by atoms with E-state index in [1.165, 1.54) is 35.1 Å². The van der Waals surface area contributed by atoms with Gasteiger partial charge in [-0.1, -0.05) is 48.9 Å². The highest BCUT2D eigenvalue weighted by Gasteiger charge is 2.09. The molecule has 0 spiro atoms. The number of hydrogen-bond donors (Lipinski definition) is 0. The lowest BCUT2D eigenvalue weighted by molar-refractivity contribution is 0.965.